The van der Waals surface area contributed by atoms with Gasteiger partial charge in [-0.25, -0.2) is 0 Å². The van der Waals surface area contributed by atoms with Crippen molar-refractivity contribution < 1.29 is 18.0 Å². The van der Waals surface area contributed by atoms with E-state index in [4.69, 9.17) is 5.26 Å². The summed E-state index contributed by atoms with van der Waals surface area (Å²) >= 11 is 0. The van der Waals surface area contributed by atoms with E-state index in [1.165, 1.54) is 6.07 Å². The lowest BCUT2D eigenvalue weighted by Crippen LogP contribution is -2.27. The van der Waals surface area contributed by atoms with Gasteiger partial charge in [-0.3, -0.25) is 4.79 Å². The third-order valence-corrected chi connectivity index (χ3v) is 3.82. The highest BCUT2D eigenvalue weighted by Crippen LogP contribution is 2.30. The third kappa shape index (κ3) is 5.35. The average molecular weight is 346 g/mol. The first-order chi connectivity index (χ1) is 11.8. The summed E-state index contributed by atoms with van der Waals surface area (Å²) in [4.78, 5) is 12.0. The standard InChI is InChI=1S/C19H17F3N2O/c1-13(16-3-2-4-17(11-16)19(20,21)22)24-18(25)10-9-14-5-7-15(12-23)8-6-14/h2-8,11,13H,9-10H2,1H3,(H,24,25). The predicted octanol–water partition coefficient (Wildman–Crippen LogP) is 4.39. The van der Waals surface area contributed by atoms with Gasteiger partial charge in [0.15, 0.2) is 0 Å². The highest BCUT2D eigenvalue weighted by Gasteiger charge is 2.30. The lowest BCUT2D eigenvalue weighted by atomic mass is 10.0. The largest absolute Gasteiger partial charge is 0.416 e. The molecule has 1 unspecified atom stereocenters. The molecule has 0 saturated carbocycles. The highest BCUT2D eigenvalue weighted by atomic mass is 19.4. The summed E-state index contributed by atoms with van der Waals surface area (Å²) in [5.74, 6) is -0.241. The molecule has 0 radical (unpaired) electrons. The van der Waals surface area contributed by atoms with Gasteiger partial charge >= 0.3 is 6.18 Å². The summed E-state index contributed by atoms with van der Waals surface area (Å²) in [5, 5.41) is 11.4. The van der Waals surface area contributed by atoms with Crippen LogP contribution < -0.4 is 5.32 Å². The van der Waals surface area contributed by atoms with Crippen molar-refractivity contribution in [3.63, 3.8) is 0 Å². The second kappa shape index (κ2) is 7.84. The topological polar surface area (TPSA) is 52.9 Å². The van der Waals surface area contributed by atoms with Crippen molar-refractivity contribution in [1.82, 2.24) is 5.32 Å². The highest BCUT2D eigenvalue weighted by molar-refractivity contribution is 5.76. The molecular weight excluding hydrogens is 329 g/mol. The molecule has 1 N–H and O–H groups in total. The minimum absolute atomic E-state index is 0.217. The fraction of sp³-hybridized carbons (Fsp3) is 0.263. The Morgan fingerprint density at radius 1 is 1.20 bits per heavy atom. The van der Waals surface area contributed by atoms with Crippen LogP contribution in [0.2, 0.25) is 0 Å². The summed E-state index contributed by atoms with van der Waals surface area (Å²) in [6.07, 6.45) is -3.70. The molecule has 25 heavy (non-hydrogen) atoms. The van der Waals surface area contributed by atoms with Crippen LogP contribution >= 0.6 is 0 Å². The number of carbonyl (C=O) groups is 1. The van der Waals surface area contributed by atoms with E-state index in [1.54, 1.807) is 37.3 Å². The van der Waals surface area contributed by atoms with E-state index in [1.807, 2.05) is 6.07 Å². The smallest absolute Gasteiger partial charge is 0.350 e. The van der Waals surface area contributed by atoms with Crippen molar-refractivity contribution in [3.05, 3.63) is 70.8 Å². The first-order valence-corrected chi connectivity index (χ1v) is 7.75. The molecule has 0 saturated heterocycles. The third-order valence-electron chi connectivity index (χ3n) is 3.82. The molecule has 0 aliphatic carbocycles. The maximum atomic E-state index is 12.7. The lowest BCUT2D eigenvalue weighted by molar-refractivity contribution is -0.137. The lowest BCUT2D eigenvalue weighted by Gasteiger charge is -2.16. The van der Waals surface area contributed by atoms with Crippen molar-refractivity contribution in [2.24, 2.45) is 0 Å². The zero-order valence-electron chi connectivity index (χ0n) is 13.6. The predicted molar refractivity (Wildman–Crippen MR) is 87.5 cm³/mol. The van der Waals surface area contributed by atoms with Gasteiger partial charge in [0.1, 0.15) is 0 Å². The van der Waals surface area contributed by atoms with Crippen LogP contribution in [0.1, 0.15) is 41.6 Å². The van der Waals surface area contributed by atoms with Crippen molar-refractivity contribution in [2.75, 3.05) is 0 Å². The average Bonchev–Trinajstić information content (AvgIpc) is 2.59. The van der Waals surface area contributed by atoms with Crippen LogP contribution in [0.25, 0.3) is 0 Å². The summed E-state index contributed by atoms with van der Waals surface area (Å²) in [7, 11) is 0. The Labute approximate surface area is 144 Å². The van der Waals surface area contributed by atoms with E-state index in [2.05, 4.69) is 5.32 Å². The van der Waals surface area contributed by atoms with Gasteiger partial charge in [-0.1, -0.05) is 24.3 Å². The van der Waals surface area contributed by atoms with Gasteiger partial charge in [0, 0.05) is 6.42 Å². The Morgan fingerprint density at radius 3 is 2.48 bits per heavy atom. The SMILES string of the molecule is CC(NC(=O)CCc1ccc(C#N)cc1)c1cccc(C(F)(F)F)c1. The summed E-state index contributed by atoms with van der Waals surface area (Å²) < 4.78 is 38.2. The van der Waals surface area contributed by atoms with E-state index in [0.717, 1.165) is 17.7 Å². The van der Waals surface area contributed by atoms with E-state index < -0.39 is 17.8 Å². The van der Waals surface area contributed by atoms with Gasteiger partial charge in [-0.2, -0.15) is 18.4 Å². The second-order valence-electron chi connectivity index (χ2n) is 5.72. The number of benzene rings is 2. The quantitative estimate of drug-likeness (QED) is 0.873. The number of nitrogens with zero attached hydrogens (tertiary/aromatic N) is 1. The Morgan fingerprint density at radius 2 is 1.88 bits per heavy atom. The molecule has 0 aliphatic rings. The molecule has 130 valence electrons. The van der Waals surface area contributed by atoms with Gasteiger partial charge in [0.25, 0.3) is 0 Å². The minimum Gasteiger partial charge on any atom is -0.350 e. The van der Waals surface area contributed by atoms with Crippen molar-refractivity contribution >= 4 is 5.91 Å². The molecule has 0 bridgehead atoms. The molecule has 0 aliphatic heterocycles. The molecule has 2 aromatic rings. The number of nitriles is 1. The van der Waals surface area contributed by atoms with Crippen LogP contribution in [0.15, 0.2) is 48.5 Å². The van der Waals surface area contributed by atoms with Crippen LogP contribution in [-0.4, -0.2) is 5.91 Å². The van der Waals surface area contributed by atoms with Gasteiger partial charge in [-0.05, 0) is 48.7 Å². The number of hydrogen-bond acceptors (Lipinski definition) is 2. The minimum atomic E-state index is -4.41. The molecule has 6 heteroatoms. The number of halogens is 3. The van der Waals surface area contributed by atoms with Crippen LogP contribution in [0.5, 0.6) is 0 Å². The maximum Gasteiger partial charge on any atom is 0.416 e. The van der Waals surface area contributed by atoms with Crippen LogP contribution in [-0.2, 0) is 17.4 Å². The number of amides is 1. The molecular formula is C19H17F3N2O. The van der Waals surface area contributed by atoms with E-state index >= 15 is 0 Å². The fourth-order valence-electron chi connectivity index (χ4n) is 2.39. The summed E-state index contributed by atoms with van der Waals surface area (Å²) in [6.45, 7) is 1.65. The molecule has 0 aromatic heterocycles. The molecule has 1 amide bonds. The Hall–Kier alpha value is -2.81. The van der Waals surface area contributed by atoms with Crippen LogP contribution in [0.3, 0.4) is 0 Å². The Balaban J connectivity index is 1.92. The number of hydrogen-bond donors (Lipinski definition) is 1. The molecule has 0 heterocycles. The molecule has 3 nitrogen and oxygen atoms in total. The van der Waals surface area contributed by atoms with E-state index in [-0.39, 0.29) is 12.3 Å². The van der Waals surface area contributed by atoms with Gasteiger partial charge in [0.05, 0.1) is 23.2 Å². The molecule has 0 spiro atoms. The van der Waals surface area contributed by atoms with Crippen LogP contribution in [0, 0.1) is 11.3 Å². The number of aryl methyl sites for hydroxylation is 1. The van der Waals surface area contributed by atoms with Gasteiger partial charge < -0.3 is 5.32 Å². The zero-order chi connectivity index (χ0) is 18.4. The van der Waals surface area contributed by atoms with Crippen LogP contribution in [0.4, 0.5) is 13.2 Å². The van der Waals surface area contributed by atoms with E-state index in [9.17, 15) is 18.0 Å². The van der Waals surface area contributed by atoms with Crippen molar-refractivity contribution in [3.8, 4) is 6.07 Å². The second-order valence-corrected chi connectivity index (χ2v) is 5.72. The molecule has 2 aromatic carbocycles. The van der Waals surface area contributed by atoms with Crippen molar-refractivity contribution in [2.45, 2.75) is 32.0 Å². The number of nitrogens with one attached hydrogen (secondary N) is 1. The van der Waals surface area contributed by atoms with E-state index in [0.29, 0.717) is 17.5 Å². The Kier molecular flexibility index (Phi) is 5.81. The van der Waals surface area contributed by atoms with Crippen molar-refractivity contribution in [1.29, 1.82) is 5.26 Å². The summed E-state index contributed by atoms with van der Waals surface area (Å²) in [5.41, 5.74) is 1.14. The number of alkyl halides is 3. The number of rotatable bonds is 5. The molecule has 0 fully saturated rings. The summed E-state index contributed by atoms with van der Waals surface area (Å²) in [6, 6.07) is 13.4. The van der Waals surface area contributed by atoms with Gasteiger partial charge in [0.2, 0.25) is 5.91 Å². The Bertz CT molecular complexity index is 776. The maximum absolute atomic E-state index is 12.7. The molecule has 2 rings (SSSR count). The first-order valence-electron chi connectivity index (χ1n) is 7.75. The van der Waals surface area contributed by atoms with Gasteiger partial charge in [-0.15, -0.1) is 0 Å². The molecule has 1 atom stereocenters. The first kappa shape index (κ1) is 18.5. The fourth-order valence-corrected chi connectivity index (χ4v) is 2.39. The zero-order valence-corrected chi connectivity index (χ0v) is 13.6. The monoisotopic (exact) mass is 346 g/mol. The normalized spacial score (nSPS) is 12.3. The number of carbonyl (C=O) groups excluding carboxylic acids is 1.